The lowest BCUT2D eigenvalue weighted by Gasteiger charge is -2.38. The second-order valence-electron chi connectivity index (χ2n) is 8.37. The number of aromatic hydroxyl groups is 1. The molecule has 1 aliphatic heterocycles. The second kappa shape index (κ2) is 8.86. The van der Waals surface area contributed by atoms with Crippen LogP contribution in [0.3, 0.4) is 0 Å². The van der Waals surface area contributed by atoms with Crippen LogP contribution >= 0.6 is 12.2 Å². The molecule has 7 nitrogen and oxygen atoms in total. The number of carboxylic acid groups (broad SMARTS) is 1. The zero-order valence-corrected chi connectivity index (χ0v) is 20.0. The van der Waals surface area contributed by atoms with E-state index >= 15 is 0 Å². The van der Waals surface area contributed by atoms with Gasteiger partial charge in [0.2, 0.25) is 0 Å². The number of fused-ring (bicyclic) bond motifs is 1. The van der Waals surface area contributed by atoms with Crippen molar-refractivity contribution in [3.05, 3.63) is 39.9 Å². The summed E-state index contributed by atoms with van der Waals surface area (Å²) in [7, 11) is 2.93. The first-order valence-electron chi connectivity index (χ1n) is 10.3. The van der Waals surface area contributed by atoms with E-state index in [1.54, 1.807) is 6.07 Å². The molecule has 0 aliphatic carbocycles. The monoisotopic (exact) mass is 459 g/mol. The van der Waals surface area contributed by atoms with Gasteiger partial charge in [-0.05, 0) is 57.2 Å². The Bertz CT molecular complexity index is 1100. The summed E-state index contributed by atoms with van der Waals surface area (Å²) in [5, 5.41) is 23.1. The van der Waals surface area contributed by atoms with Gasteiger partial charge >= 0.3 is 5.97 Å². The van der Waals surface area contributed by atoms with Gasteiger partial charge in [-0.25, -0.2) is 4.79 Å². The SMILES string of the molecule is COc1cc(NC(=S)CC2(C)CCc3c(C)c(O)c(C)c(C)c3O2)c(C(=O)O)cc1OC. The normalized spacial score (nSPS) is 17.2. The minimum Gasteiger partial charge on any atom is -0.507 e. The number of hydrogen-bond donors (Lipinski definition) is 3. The number of phenolic OH excluding ortho intramolecular Hbond substituents is 1. The molecule has 0 radical (unpaired) electrons. The van der Waals surface area contributed by atoms with Gasteiger partial charge in [-0.2, -0.15) is 0 Å². The van der Waals surface area contributed by atoms with Crippen LogP contribution in [0.5, 0.6) is 23.0 Å². The summed E-state index contributed by atoms with van der Waals surface area (Å²) >= 11 is 5.58. The number of phenols is 1. The summed E-state index contributed by atoms with van der Waals surface area (Å²) in [5.41, 5.74) is 3.38. The molecule has 2 aromatic carbocycles. The summed E-state index contributed by atoms with van der Waals surface area (Å²) in [4.78, 5) is 12.2. The number of rotatable bonds is 6. The molecule has 3 rings (SSSR count). The van der Waals surface area contributed by atoms with Gasteiger partial charge in [0.25, 0.3) is 0 Å². The molecule has 1 heterocycles. The van der Waals surface area contributed by atoms with Gasteiger partial charge in [0.15, 0.2) is 11.5 Å². The molecular weight excluding hydrogens is 430 g/mol. The lowest BCUT2D eigenvalue weighted by molar-refractivity contribution is 0.0697. The molecule has 32 heavy (non-hydrogen) atoms. The van der Waals surface area contributed by atoms with Crippen LogP contribution in [-0.2, 0) is 6.42 Å². The average Bonchev–Trinajstić information content (AvgIpc) is 2.75. The van der Waals surface area contributed by atoms with E-state index in [4.69, 9.17) is 26.4 Å². The Balaban J connectivity index is 1.85. The number of hydrogen-bond acceptors (Lipinski definition) is 6. The number of benzene rings is 2. The maximum absolute atomic E-state index is 11.8. The topological polar surface area (TPSA) is 97.2 Å². The van der Waals surface area contributed by atoms with Gasteiger partial charge in [0, 0.05) is 24.1 Å². The number of ether oxygens (including phenoxy) is 3. The van der Waals surface area contributed by atoms with Crippen molar-refractivity contribution in [2.24, 2.45) is 0 Å². The molecular formula is C24H29NO6S. The number of anilines is 1. The number of carboxylic acids is 1. The maximum atomic E-state index is 11.8. The van der Waals surface area contributed by atoms with Crippen molar-refractivity contribution in [1.82, 2.24) is 0 Å². The quantitative estimate of drug-likeness (QED) is 0.522. The Morgan fingerprint density at radius 3 is 2.38 bits per heavy atom. The number of carbonyl (C=O) groups is 1. The van der Waals surface area contributed by atoms with Crippen molar-refractivity contribution in [1.29, 1.82) is 0 Å². The summed E-state index contributed by atoms with van der Waals surface area (Å²) in [6.45, 7) is 7.72. The van der Waals surface area contributed by atoms with Crippen molar-refractivity contribution in [2.75, 3.05) is 19.5 Å². The largest absolute Gasteiger partial charge is 0.507 e. The second-order valence-corrected chi connectivity index (χ2v) is 8.86. The van der Waals surface area contributed by atoms with Crippen LogP contribution in [0.1, 0.15) is 52.4 Å². The van der Waals surface area contributed by atoms with Crippen LogP contribution < -0.4 is 19.5 Å². The highest BCUT2D eigenvalue weighted by atomic mass is 32.1. The molecule has 0 amide bonds. The highest BCUT2D eigenvalue weighted by Gasteiger charge is 2.35. The lowest BCUT2D eigenvalue weighted by Crippen LogP contribution is -2.40. The summed E-state index contributed by atoms with van der Waals surface area (Å²) in [6.07, 6.45) is 1.86. The molecule has 0 bridgehead atoms. The van der Waals surface area contributed by atoms with Crippen molar-refractivity contribution in [3.63, 3.8) is 0 Å². The number of aromatic carboxylic acids is 1. The molecule has 0 fully saturated rings. The Hall–Kier alpha value is -3.00. The molecule has 172 valence electrons. The van der Waals surface area contributed by atoms with Crippen LogP contribution in [-0.4, -0.2) is 41.0 Å². The van der Waals surface area contributed by atoms with E-state index in [9.17, 15) is 15.0 Å². The van der Waals surface area contributed by atoms with Gasteiger partial charge in [0.05, 0.1) is 30.5 Å². The van der Waals surface area contributed by atoms with E-state index in [-0.39, 0.29) is 5.56 Å². The van der Waals surface area contributed by atoms with E-state index in [1.165, 1.54) is 20.3 Å². The van der Waals surface area contributed by atoms with Crippen molar-refractivity contribution < 1.29 is 29.2 Å². The minimum absolute atomic E-state index is 0.0302. The zero-order chi connectivity index (χ0) is 23.8. The van der Waals surface area contributed by atoms with Crippen LogP contribution in [0, 0.1) is 20.8 Å². The molecule has 0 spiro atoms. The molecule has 0 saturated carbocycles. The van der Waals surface area contributed by atoms with Gasteiger partial charge in [-0.3, -0.25) is 0 Å². The average molecular weight is 460 g/mol. The Labute approximate surface area is 193 Å². The van der Waals surface area contributed by atoms with Gasteiger partial charge in [-0.15, -0.1) is 0 Å². The Morgan fingerprint density at radius 2 is 1.78 bits per heavy atom. The van der Waals surface area contributed by atoms with Crippen LogP contribution in [0.25, 0.3) is 0 Å². The van der Waals surface area contributed by atoms with E-state index in [0.717, 1.165) is 34.4 Å². The van der Waals surface area contributed by atoms with E-state index in [0.29, 0.717) is 40.8 Å². The molecule has 1 aliphatic rings. The summed E-state index contributed by atoms with van der Waals surface area (Å²) < 4.78 is 16.9. The maximum Gasteiger partial charge on any atom is 0.337 e. The third-order valence-corrected chi connectivity index (χ3v) is 6.40. The third kappa shape index (κ3) is 4.32. The van der Waals surface area contributed by atoms with Crippen molar-refractivity contribution >= 4 is 28.9 Å². The fraction of sp³-hybridized carbons (Fsp3) is 0.417. The number of thiocarbonyl (C=S) groups is 1. The van der Waals surface area contributed by atoms with Crippen molar-refractivity contribution in [2.45, 2.75) is 52.6 Å². The zero-order valence-electron chi connectivity index (χ0n) is 19.2. The fourth-order valence-corrected chi connectivity index (χ4v) is 4.53. The molecule has 8 heteroatoms. The molecule has 0 saturated heterocycles. The molecule has 1 unspecified atom stereocenters. The van der Waals surface area contributed by atoms with Crippen LogP contribution in [0.4, 0.5) is 5.69 Å². The van der Waals surface area contributed by atoms with Gasteiger partial charge in [0.1, 0.15) is 17.1 Å². The minimum atomic E-state index is -1.10. The highest BCUT2D eigenvalue weighted by molar-refractivity contribution is 7.80. The van der Waals surface area contributed by atoms with Crippen LogP contribution in [0.15, 0.2) is 12.1 Å². The lowest BCUT2D eigenvalue weighted by atomic mass is 9.85. The Kier molecular flexibility index (Phi) is 6.55. The summed E-state index contributed by atoms with van der Waals surface area (Å²) in [5.74, 6) is 0.738. The predicted octanol–water partition coefficient (Wildman–Crippen LogP) is 4.95. The number of nitrogens with one attached hydrogen (secondary N) is 1. The predicted molar refractivity (Wildman–Crippen MR) is 127 cm³/mol. The first-order valence-corrected chi connectivity index (χ1v) is 10.7. The Morgan fingerprint density at radius 1 is 1.16 bits per heavy atom. The van der Waals surface area contributed by atoms with Gasteiger partial charge in [-0.1, -0.05) is 12.2 Å². The molecule has 1 atom stereocenters. The smallest absolute Gasteiger partial charge is 0.337 e. The standard InChI is InChI=1S/C24H29NO6S/c1-12-13(2)22-15(14(3)21(12)26)7-8-24(4,31-22)11-20(32)25-17-10-19(30-6)18(29-5)9-16(17)23(27)28/h9-10,26H,7-8,11H2,1-6H3,(H,25,32)(H,27,28). The fourth-order valence-electron chi connectivity index (χ4n) is 4.11. The third-order valence-electron chi connectivity index (χ3n) is 6.16. The molecule has 0 aromatic heterocycles. The highest BCUT2D eigenvalue weighted by Crippen LogP contribution is 2.44. The van der Waals surface area contributed by atoms with Gasteiger partial charge < -0.3 is 29.7 Å². The first-order chi connectivity index (χ1) is 15.0. The van der Waals surface area contributed by atoms with Crippen molar-refractivity contribution in [3.8, 4) is 23.0 Å². The van der Waals surface area contributed by atoms with E-state index in [2.05, 4.69) is 5.32 Å². The number of methoxy groups -OCH3 is 2. The van der Waals surface area contributed by atoms with Crippen LogP contribution in [0.2, 0.25) is 0 Å². The van der Waals surface area contributed by atoms with E-state index in [1.807, 2.05) is 27.7 Å². The first kappa shape index (κ1) is 23.7. The molecule has 3 N–H and O–H groups in total. The summed E-state index contributed by atoms with van der Waals surface area (Å²) in [6, 6.07) is 2.97. The molecule has 2 aromatic rings. The van der Waals surface area contributed by atoms with E-state index < -0.39 is 11.6 Å².